The topological polar surface area (TPSA) is 110 Å². The molecule has 0 aliphatic carbocycles. The Hall–Kier alpha value is -4.09. The number of nitrogens with zero attached hydrogens (tertiary/aromatic N) is 5. The summed E-state index contributed by atoms with van der Waals surface area (Å²) in [6.45, 7) is 0.207. The first kappa shape index (κ1) is 19.2. The van der Waals surface area contributed by atoms with Gasteiger partial charge in [-0.2, -0.15) is 9.37 Å². The quantitative estimate of drug-likeness (QED) is 0.375. The monoisotopic (exact) mass is 418 g/mol. The summed E-state index contributed by atoms with van der Waals surface area (Å²) in [5, 5.41) is 15.6. The highest BCUT2D eigenvalue weighted by atomic mass is 19.2. The van der Waals surface area contributed by atoms with Gasteiger partial charge >= 0.3 is 0 Å². The Morgan fingerprint density at radius 1 is 1.00 bits per heavy atom. The van der Waals surface area contributed by atoms with Crippen LogP contribution in [0.5, 0.6) is 5.75 Å². The number of phenols is 1. The van der Waals surface area contributed by atoms with E-state index < -0.39 is 40.5 Å². The van der Waals surface area contributed by atoms with Crippen molar-refractivity contribution in [2.75, 3.05) is 5.32 Å². The van der Waals surface area contributed by atoms with Crippen LogP contribution >= 0.6 is 0 Å². The summed E-state index contributed by atoms with van der Waals surface area (Å²) in [5.74, 6) is -7.04. The third kappa shape index (κ3) is 3.74. The molecule has 0 fully saturated rings. The standard InChI is InChI=1S/C18H10F4N6O2/c19-8-1-2-9(24-6-8)7-25-18-23-4-3-12(26-18)16-27-17(30-28-16)10-5-11(20)15(29)14(22)13(10)21/h1-6,29H,7H2,(H,23,25,26). The van der Waals surface area contributed by atoms with Gasteiger partial charge in [0.05, 0.1) is 24.0 Å². The number of rotatable bonds is 5. The summed E-state index contributed by atoms with van der Waals surface area (Å²) < 4.78 is 58.9. The molecule has 0 aliphatic rings. The lowest BCUT2D eigenvalue weighted by molar-refractivity contribution is 0.374. The normalized spacial score (nSPS) is 10.9. The molecule has 1 aromatic carbocycles. The number of anilines is 1. The van der Waals surface area contributed by atoms with E-state index in [-0.39, 0.29) is 24.0 Å². The van der Waals surface area contributed by atoms with Crippen LogP contribution in [0.15, 0.2) is 41.2 Å². The second kappa shape index (κ2) is 7.73. The third-order valence-corrected chi connectivity index (χ3v) is 3.89. The Morgan fingerprint density at radius 3 is 2.60 bits per heavy atom. The lowest BCUT2D eigenvalue weighted by Gasteiger charge is -2.04. The minimum Gasteiger partial charge on any atom is -0.503 e. The lowest BCUT2D eigenvalue weighted by atomic mass is 10.2. The molecule has 0 aliphatic heterocycles. The highest BCUT2D eigenvalue weighted by molar-refractivity contribution is 5.60. The molecule has 4 aromatic rings. The molecule has 0 atom stereocenters. The zero-order valence-corrected chi connectivity index (χ0v) is 14.8. The molecule has 2 N–H and O–H groups in total. The maximum absolute atomic E-state index is 14.0. The first-order valence-corrected chi connectivity index (χ1v) is 8.30. The predicted molar refractivity (Wildman–Crippen MR) is 93.8 cm³/mol. The van der Waals surface area contributed by atoms with Crippen LogP contribution in [-0.2, 0) is 6.54 Å². The Morgan fingerprint density at radius 2 is 1.83 bits per heavy atom. The van der Waals surface area contributed by atoms with Crippen LogP contribution in [0.2, 0.25) is 0 Å². The first-order chi connectivity index (χ1) is 14.4. The number of benzene rings is 1. The van der Waals surface area contributed by atoms with Gasteiger partial charge in [0.1, 0.15) is 11.5 Å². The summed E-state index contributed by atoms with van der Waals surface area (Å²) >= 11 is 0. The molecule has 152 valence electrons. The Labute approximate surface area is 165 Å². The van der Waals surface area contributed by atoms with Gasteiger partial charge in [-0.3, -0.25) is 4.98 Å². The van der Waals surface area contributed by atoms with Crippen LogP contribution in [0.4, 0.5) is 23.5 Å². The summed E-state index contributed by atoms with van der Waals surface area (Å²) in [5.41, 5.74) is 0.0603. The van der Waals surface area contributed by atoms with Crippen molar-refractivity contribution < 1.29 is 27.2 Å². The van der Waals surface area contributed by atoms with Gasteiger partial charge in [-0.25, -0.2) is 23.1 Å². The average molecular weight is 418 g/mol. The van der Waals surface area contributed by atoms with Gasteiger partial charge in [0.25, 0.3) is 5.89 Å². The van der Waals surface area contributed by atoms with Crippen LogP contribution in [0.1, 0.15) is 5.69 Å². The van der Waals surface area contributed by atoms with Gasteiger partial charge in [-0.1, -0.05) is 5.16 Å². The van der Waals surface area contributed by atoms with Crippen molar-refractivity contribution in [3.05, 3.63) is 65.6 Å². The first-order valence-electron chi connectivity index (χ1n) is 8.30. The molecule has 0 unspecified atom stereocenters. The number of pyridine rings is 1. The molecule has 30 heavy (non-hydrogen) atoms. The van der Waals surface area contributed by atoms with Crippen LogP contribution in [0.3, 0.4) is 0 Å². The number of aromatic nitrogens is 5. The van der Waals surface area contributed by atoms with E-state index in [1.54, 1.807) is 0 Å². The molecule has 0 spiro atoms. The SMILES string of the molecule is Oc1c(F)cc(-c2nc(-c3ccnc(NCc4ccc(F)cn4)n3)no2)c(F)c1F. The van der Waals surface area contributed by atoms with E-state index in [9.17, 15) is 17.6 Å². The molecular weight excluding hydrogens is 408 g/mol. The van der Waals surface area contributed by atoms with Crippen LogP contribution < -0.4 is 5.32 Å². The van der Waals surface area contributed by atoms with Gasteiger partial charge in [0.15, 0.2) is 17.4 Å². The van der Waals surface area contributed by atoms with Gasteiger partial charge in [-0.05, 0) is 24.3 Å². The number of phenolic OH excluding ortho intramolecular Hbond substituents is 1. The minimum absolute atomic E-state index is 0.0938. The molecule has 12 heteroatoms. The van der Waals surface area contributed by atoms with Crippen LogP contribution in [0.25, 0.3) is 23.0 Å². The van der Waals surface area contributed by atoms with E-state index in [1.165, 1.54) is 24.4 Å². The number of aromatic hydroxyl groups is 1. The summed E-state index contributed by atoms with van der Waals surface area (Å²) in [4.78, 5) is 16.0. The second-order valence-corrected chi connectivity index (χ2v) is 5.89. The number of hydrogen-bond donors (Lipinski definition) is 2. The minimum atomic E-state index is -1.77. The van der Waals surface area contributed by atoms with E-state index in [2.05, 4.69) is 30.4 Å². The van der Waals surface area contributed by atoms with Crippen molar-refractivity contribution >= 4 is 5.95 Å². The highest BCUT2D eigenvalue weighted by Crippen LogP contribution is 2.31. The average Bonchev–Trinajstić information content (AvgIpc) is 3.25. The van der Waals surface area contributed by atoms with E-state index in [4.69, 9.17) is 9.63 Å². The summed E-state index contributed by atoms with van der Waals surface area (Å²) in [7, 11) is 0. The summed E-state index contributed by atoms with van der Waals surface area (Å²) in [6, 6.07) is 4.72. The molecule has 0 bridgehead atoms. The molecule has 3 heterocycles. The zero-order valence-electron chi connectivity index (χ0n) is 14.8. The fourth-order valence-electron chi connectivity index (χ4n) is 2.43. The van der Waals surface area contributed by atoms with Crippen LogP contribution in [-0.4, -0.2) is 30.2 Å². The molecule has 0 radical (unpaired) electrons. The predicted octanol–water partition coefficient (Wildman–Crippen LogP) is 3.46. The molecule has 8 nitrogen and oxygen atoms in total. The van der Waals surface area contributed by atoms with Gasteiger partial charge in [-0.15, -0.1) is 0 Å². The van der Waals surface area contributed by atoms with Crippen molar-refractivity contribution in [3.63, 3.8) is 0 Å². The second-order valence-electron chi connectivity index (χ2n) is 5.89. The van der Waals surface area contributed by atoms with Crippen molar-refractivity contribution in [2.24, 2.45) is 0 Å². The number of hydrogen-bond acceptors (Lipinski definition) is 8. The smallest absolute Gasteiger partial charge is 0.261 e. The van der Waals surface area contributed by atoms with Crippen LogP contribution in [0, 0.1) is 23.3 Å². The van der Waals surface area contributed by atoms with E-state index in [1.807, 2.05) is 0 Å². The fraction of sp³-hybridized carbons (Fsp3) is 0.0556. The van der Waals surface area contributed by atoms with E-state index >= 15 is 0 Å². The van der Waals surface area contributed by atoms with Gasteiger partial charge in [0.2, 0.25) is 17.6 Å². The highest BCUT2D eigenvalue weighted by Gasteiger charge is 2.23. The van der Waals surface area contributed by atoms with E-state index in [0.717, 1.165) is 6.20 Å². The van der Waals surface area contributed by atoms with Gasteiger partial charge in [0, 0.05) is 6.20 Å². The Kier molecular flexibility index (Phi) is 4.96. The third-order valence-electron chi connectivity index (χ3n) is 3.89. The summed E-state index contributed by atoms with van der Waals surface area (Å²) in [6.07, 6.45) is 2.46. The maximum atomic E-state index is 14.0. The van der Waals surface area contributed by atoms with Gasteiger partial charge < -0.3 is 14.9 Å². The molecule has 0 saturated carbocycles. The molecule has 0 saturated heterocycles. The Bertz CT molecular complexity index is 1220. The molecular formula is C18H10F4N6O2. The molecule has 3 aromatic heterocycles. The Balaban J connectivity index is 1.57. The number of halogens is 4. The fourth-order valence-corrected chi connectivity index (χ4v) is 2.43. The van der Waals surface area contributed by atoms with Crippen molar-refractivity contribution in [1.29, 1.82) is 0 Å². The largest absolute Gasteiger partial charge is 0.503 e. The zero-order chi connectivity index (χ0) is 21.3. The van der Waals surface area contributed by atoms with E-state index in [0.29, 0.717) is 11.8 Å². The van der Waals surface area contributed by atoms with Crippen molar-refractivity contribution in [1.82, 2.24) is 25.1 Å². The molecule has 4 rings (SSSR count). The molecule has 0 amide bonds. The number of nitrogens with one attached hydrogen (secondary N) is 1. The van der Waals surface area contributed by atoms with Crippen molar-refractivity contribution in [3.8, 4) is 28.7 Å². The lowest BCUT2D eigenvalue weighted by Crippen LogP contribution is -2.05. The van der Waals surface area contributed by atoms with Crippen molar-refractivity contribution in [2.45, 2.75) is 6.54 Å². The maximum Gasteiger partial charge on any atom is 0.261 e.